The monoisotopic (exact) mass is 314 g/mol. The zero-order valence-electron chi connectivity index (χ0n) is 14.4. The van der Waals surface area contributed by atoms with Crippen LogP contribution in [-0.4, -0.2) is 28.6 Å². The Labute approximate surface area is 137 Å². The number of aliphatic hydroxyl groups is 2. The molecule has 0 saturated heterocycles. The first kappa shape index (κ1) is 21.6. The molecular weight excluding hydrogens is 276 g/mol. The van der Waals surface area contributed by atoms with Gasteiger partial charge < -0.3 is 21.7 Å². The summed E-state index contributed by atoms with van der Waals surface area (Å²) in [7, 11) is 0. The summed E-state index contributed by atoms with van der Waals surface area (Å²) in [6, 6.07) is -0.812. The highest BCUT2D eigenvalue weighted by Crippen LogP contribution is 2.12. The number of unbranched alkanes of at least 4 members (excludes halogenated alkanes) is 11. The third-order valence-electron chi connectivity index (χ3n) is 4.10. The molecule has 4 heteroatoms. The molecule has 0 fully saturated rings. The first-order valence-corrected chi connectivity index (χ1v) is 9.13. The summed E-state index contributed by atoms with van der Waals surface area (Å²) in [5, 5.41) is 18.7. The van der Waals surface area contributed by atoms with E-state index in [2.05, 4.69) is 6.92 Å². The summed E-state index contributed by atoms with van der Waals surface area (Å²) in [6.07, 6.45) is 17.1. The van der Waals surface area contributed by atoms with Gasteiger partial charge in [-0.05, 0) is 12.8 Å². The molecule has 0 heterocycles. The largest absolute Gasteiger partial charge is 0.387 e. The van der Waals surface area contributed by atoms with Gasteiger partial charge in [-0.2, -0.15) is 0 Å². The Balaban J connectivity index is 3.29. The zero-order chi connectivity index (χ0) is 16.6. The molecule has 0 aromatic heterocycles. The van der Waals surface area contributed by atoms with Crippen molar-refractivity contribution in [2.45, 2.75) is 102 Å². The van der Waals surface area contributed by atoms with E-state index in [0.717, 1.165) is 12.8 Å². The van der Waals surface area contributed by atoms with Gasteiger partial charge in [0.2, 0.25) is 0 Å². The Morgan fingerprint density at radius 1 is 0.773 bits per heavy atom. The first-order chi connectivity index (χ1) is 10.6. The molecule has 0 bridgehead atoms. The van der Waals surface area contributed by atoms with Gasteiger partial charge in [-0.3, -0.25) is 0 Å². The normalized spacial score (nSPS) is 16.0. The van der Waals surface area contributed by atoms with Gasteiger partial charge in [0.05, 0.1) is 12.1 Å². The molecular formula is C18H38N2O2. The van der Waals surface area contributed by atoms with Gasteiger partial charge in [-0.25, -0.2) is 0 Å². The fourth-order valence-corrected chi connectivity index (χ4v) is 2.49. The summed E-state index contributed by atoms with van der Waals surface area (Å²) in [4.78, 5) is 0. The average molecular weight is 315 g/mol. The Morgan fingerprint density at radius 3 is 1.68 bits per heavy atom. The van der Waals surface area contributed by atoms with Crippen LogP contribution in [0, 0.1) is 0 Å². The van der Waals surface area contributed by atoms with Gasteiger partial charge >= 0.3 is 0 Å². The predicted molar refractivity (Wildman–Crippen MR) is 94.4 cm³/mol. The molecule has 0 amide bonds. The van der Waals surface area contributed by atoms with Crippen LogP contribution in [0.4, 0.5) is 0 Å². The maximum absolute atomic E-state index is 9.61. The highest BCUT2D eigenvalue weighted by atomic mass is 16.3. The SMILES string of the molecule is CCCCCCCCCCCCCC=C[C@@H](O)[C@@H](N)C(N)O. The van der Waals surface area contributed by atoms with Gasteiger partial charge in [-0.1, -0.05) is 83.3 Å². The minimum atomic E-state index is -1.18. The summed E-state index contributed by atoms with van der Waals surface area (Å²) in [6.45, 7) is 2.26. The van der Waals surface area contributed by atoms with Crippen molar-refractivity contribution in [1.82, 2.24) is 0 Å². The lowest BCUT2D eigenvalue weighted by Gasteiger charge is -2.17. The van der Waals surface area contributed by atoms with Crippen molar-refractivity contribution in [3.63, 3.8) is 0 Å². The Bertz CT molecular complexity index is 257. The summed E-state index contributed by atoms with van der Waals surface area (Å²) >= 11 is 0. The molecule has 0 radical (unpaired) electrons. The third-order valence-corrected chi connectivity index (χ3v) is 4.10. The van der Waals surface area contributed by atoms with E-state index in [4.69, 9.17) is 16.6 Å². The molecule has 22 heavy (non-hydrogen) atoms. The van der Waals surface area contributed by atoms with E-state index in [1.165, 1.54) is 64.2 Å². The van der Waals surface area contributed by atoms with Crippen LogP contribution in [0.1, 0.15) is 84.0 Å². The predicted octanol–water partition coefficient (Wildman–Crippen LogP) is 3.21. The Morgan fingerprint density at radius 2 is 1.23 bits per heavy atom. The van der Waals surface area contributed by atoms with Crippen LogP contribution >= 0.6 is 0 Å². The molecule has 3 atom stereocenters. The topological polar surface area (TPSA) is 92.5 Å². The number of nitrogens with two attached hydrogens (primary N) is 2. The molecule has 4 nitrogen and oxygen atoms in total. The van der Waals surface area contributed by atoms with E-state index in [1.807, 2.05) is 6.08 Å². The average Bonchev–Trinajstić information content (AvgIpc) is 2.50. The lowest BCUT2D eigenvalue weighted by Crippen LogP contribution is -2.48. The molecule has 0 aromatic rings. The lowest BCUT2D eigenvalue weighted by molar-refractivity contribution is 0.0828. The highest BCUT2D eigenvalue weighted by Gasteiger charge is 2.16. The van der Waals surface area contributed by atoms with Crippen molar-refractivity contribution >= 4 is 0 Å². The number of allylic oxidation sites excluding steroid dienone is 1. The van der Waals surface area contributed by atoms with Crippen LogP contribution in [0.15, 0.2) is 12.2 Å². The van der Waals surface area contributed by atoms with Crippen molar-refractivity contribution in [1.29, 1.82) is 0 Å². The second-order valence-electron chi connectivity index (χ2n) is 6.31. The molecule has 0 spiro atoms. The first-order valence-electron chi connectivity index (χ1n) is 9.13. The fourth-order valence-electron chi connectivity index (χ4n) is 2.49. The van der Waals surface area contributed by atoms with E-state index in [-0.39, 0.29) is 0 Å². The van der Waals surface area contributed by atoms with Crippen LogP contribution in [0.25, 0.3) is 0 Å². The number of aliphatic hydroxyl groups excluding tert-OH is 2. The van der Waals surface area contributed by atoms with Gasteiger partial charge in [0.15, 0.2) is 0 Å². The third kappa shape index (κ3) is 13.3. The molecule has 132 valence electrons. The van der Waals surface area contributed by atoms with Crippen molar-refractivity contribution in [2.75, 3.05) is 0 Å². The Kier molecular flexibility index (Phi) is 15.2. The van der Waals surface area contributed by atoms with Crippen molar-refractivity contribution in [3.8, 4) is 0 Å². The summed E-state index contributed by atoms with van der Waals surface area (Å²) in [5.74, 6) is 0. The number of hydrogen-bond acceptors (Lipinski definition) is 4. The molecule has 0 aliphatic heterocycles. The van der Waals surface area contributed by atoms with E-state index >= 15 is 0 Å². The lowest BCUT2D eigenvalue weighted by atomic mass is 10.0. The molecule has 1 unspecified atom stereocenters. The molecule has 0 aliphatic carbocycles. The van der Waals surface area contributed by atoms with Gasteiger partial charge in [0.25, 0.3) is 0 Å². The highest BCUT2D eigenvalue weighted by molar-refractivity contribution is 4.95. The number of rotatable bonds is 15. The van der Waals surface area contributed by atoms with Crippen molar-refractivity contribution in [2.24, 2.45) is 11.5 Å². The molecule has 0 aliphatic rings. The fraction of sp³-hybridized carbons (Fsp3) is 0.889. The van der Waals surface area contributed by atoms with Gasteiger partial charge in [-0.15, -0.1) is 0 Å². The van der Waals surface area contributed by atoms with Crippen LogP contribution in [0.5, 0.6) is 0 Å². The Hall–Kier alpha value is -0.420. The maximum atomic E-state index is 9.61. The standard InChI is InChI=1S/C18H38N2O2/c1-2-3-4-5-6-7-8-9-10-11-12-13-14-15-16(21)17(19)18(20)22/h14-18,21-22H,2-13,19-20H2,1H3/t16-,17-,18?/m1/s1. The van der Waals surface area contributed by atoms with E-state index in [1.54, 1.807) is 6.08 Å². The quantitative estimate of drug-likeness (QED) is 0.212. The number of hydrogen-bond donors (Lipinski definition) is 4. The smallest absolute Gasteiger partial charge is 0.120 e. The second kappa shape index (κ2) is 15.5. The van der Waals surface area contributed by atoms with Crippen LogP contribution in [0.2, 0.25) is 0 Å². The summed E-state index contributed by atoms with van der Waals surface area (Å²) in [5.41, 5.74) is 10.7. The molecule has 0 aromatic carbocycles. The van der Waals surface area contributed by atoms with E-state index in [9.17, 15) is 5.11 Å². The summed E-state index contributed by atoms with van der Waals surface area (Å²) < 4.78 is 0. The van der Waals surface area contributed by atoms with E-state index in [0.29, 0.717) is 0 Å². The van der Waals surface area contributed by atoms with Crippen LogP contribution in [0.3, 0.4) is 0 Å². The van der Waals surface area contributed by atoms with E-state index < -0.39 is 18.4 Å². The molecule has 0 saturated carbocycles. The van der Waals surface area contributed by atoms with Crippen molar-refractivity contribution in [3.05, 3.63) is 12.2 Å². The maximum Gasteiger partial charge on any atom is 0.120 e. The van der Waals surface area contributed by atoms with Gasteiger partial charge in [0.1, 0.15) is 6.23 Å². The molecule has 0 rings (SSSR count). The van der Waals surface area contributed by atoms with Crippen LogP contribution < -0.4 is 11.5 Å². The molecule has 6 N–H and O–H groups in total. The minimum absolute atomic E-state index is 0.812. The van der Waals surface area contributed by atoms with Crippen LogP contribution in [-0.2, 0) is 0 Å². The minimum Gasteiger partial charge on any atom is -0.387 e. The van der Waals surface area contributed by atoms with Gasteiger partial charge in [0, 0.05) is 0 Å². The second-order valence-corrected chi connectivity index (χ2v) is 6.31. The van der Waals surface area contributed by atoms with Crippen molar-refractivity contribution < 1.29 is 10.2 Å². The zero-order valence-corrected chi connectivity index (χ0v) is 14.4.